The van der Waals surface area contributed by atoms with Crippen LogP contribution in [0.3, 0.4) is 0 Å². The van der Waals surface area contributed by atoms with Crippen LogP contribution in [0.4, 0.5) is 0 Å². The van der Waals surface area contributed by atoms with Crippen LogP contribution in [0.1, 0.15) is 30.9 Å². The fraction of sp³-hybridized carbons (Fsp3) is 0.571. The Bertz CT molecular complexity index is 410. The van der Waals surface area contributed by atoms with Crippen molar-refractivity contribution in [3.63, 3.8) is 0 Å². The van der Waals surface area contributed by atoms with Crippen molar-refractivity contribution in [3.05, 3.63) is 23.8 Å². The van der Waals surface area contributed by atoms with E-state index >= 15 is 0 Å². The zero-order valence-electron chi connectivity index (χ0n) is 11.3. The van der Waals surface area contributed by atoms with Gasteiger partial charge >= 0.3 is 0 Å². The Morgan fingerprint density at radius 2 is 1.95 bits per heavy atom. The number of aliphatic hydroxyl groups is 1. The minimum atomic E-state index is -0.499. The highest BCUT2D eigenvalue weighted by molar-refractivity contribution is 5.85. The molecule has 0 heterocycles. The van der Waals surface area contributed by atoms with Gasteiger partial charge in [0.05, 0.1) is 26.4 Å². The van der Waals surface area contributed by atoms with E-state index in [4.69, 9.17) is 15.2 Å². The lowest BCUT2D eigenvalue weighted by Gasteiger charge is -2.34. The molecule has 1 aliphatic carbocycles. The van der Waals surface area contributed by atoms with Gasteiger partial charge in [-0.1, -0.05) is 6.42 Å². The predicted molar refractivity (Wildman–Crippen MR) is 77.1 cm³/mol. The Labute approximate surface area is 120 Å². The summed E-state index contributed by atoms with van der Waals surface area (Å²) in [6.07, 6.45) is 2.82. The maximum absolute atomic E-state index is 10.2. The fourth-order valence-electron chi connectivity index (χ4n) is 2.35. The third-order valence-corrected chi connectivity index (χ3v) is 3.80. The third-order valence-electron chi connectivity index (χ3n) is 3.80. The Morgan fingerprint density at radius 1 is 1.26 bits per heavy atom. The van der Waals surface area contributed by atoms with Gasteiger partial charge in [-0.05, 0) is 30.9 Å². The van der Waals surface area contributed by atoms with E-state index in [2.05, 4.69) is 0 Å². The summed E-state index contributed by atoms with van der Waals surface area (Å²) < 4.78 is 10.5. The molecule has 19 heavy (non-hydrogen) atoms. The lowest BCUT2D eigenvalue weighted by Crippen LogP contribution is -2.36. The second kappa shape index (κ2) is 6.98. The molecule has 0 aromatic heterocycles. The summed E-state index contributed by atoms with van der Waals surface area (Å²) in [6, 6.07) is 5.09. The van der Waals surface area contributed by atoms with Crippen molar-refractivity contribution < 1.29 is 14.6 Å². The van der Waals surface area contributed by atoms with Crippen LogP contribution in [0.25, 0.3) is 0 Å². The quantitative estimate of drug-likeness (QED) is 0.872. The van der Waals surface area contributed by atoms with E-state index in [0.29, 0.717) is 11.7 Å². The van der Waals surface area contributed by atoms with Gasteiger partial charge in [-0.2, -0.15) is 0 Å². The average molecular weight is 288 g/mol. The number of methoxy groups -OCH3 is 2. The normalized spacial score (nSPS) is 17.9. The molecule has 0 bridgehead atoms. The molecule has 1 fully saturated rings. The van der Waals surface area contributed by atoms with E-state index in [9.17, 15) is 5.11 Å². The highest BCUT2D eigenvalue weighted by Gasteiger charge is 2.31. The molecule has 1 aromatic carbocycles. The Balaban J connectivity index is 0.00000180. The van der Waals surface area contributed by atoms with Gasteiger partial charge in [0.15, 0.2) is 0 Å². The average Bonchev–Trinajstić information content (AvgIpc) is 2.34. The first kappa shape index (κ1) is 16.1. The number of hydrogen-bond donors (Lipinski definition) is 2. The molecule has 0 saturated heterocycles. The molecule has 0 spiro atoms. The molecule has 1 aromatic rings. The molecule has 1 saturated carbocycles. The molecule has 3 N–H and O–H groups in total. The van der Waals surface area contributed by atoms with E-state index in [1.807, 2.05) is 12.1 Å². The van der Waals surface area contributed by atoms with Crippen molar-refractivity contribution in [2.24, 2.45) is 11.7 Å². The van der Waals surface area contributed by atoms with Crippen LogP contribution in [-0.4, -0.2) is 25.4 Å². The van der Waals surface area contributed by atoms with E-state index in [1.54, 1.807) is 20.3 Å². The minimum absolute atomic E-state index is 0. The summed E-state index contributed by atoms with van der Waals surface area (Å²) >= 11 is 0. The van der Waals surface area contributed by atoms with Crippen molar-refractivity contribution >= 4 is 12.4 Å². The maximum atomic E-state index is 10.2. The molecule has 2 rings (SSSR count). The van der Waals surface area contributed by atoms with Crippen LogP contribution >= 0.6 is 12.4 Å². The summed E-state index contributed by atoms with van der Waals surface area (Å²) in [5.41, 5.74) is 6.98. The van der Waals surface area contributed by atoms with Crippen molar-refractivity contribution in [2.45, 2.75) is 31.4 Å². The first-order chi connectivity index (χ1) is 8.67. The SMILES string of the molecule is COc1ccc([C@@H](N)[C@@H](O)C2CCC2)c(OC)c1.Cl. The standard InChI is InChI=1S/C14H21NO3.ClH/c1-17-10-6-7-11(12(8-10)18-2)13(15)14(16)9-4-3-5-9;/h6-9,13-14,16H,3-5,15H2,1-2H3;1H/t13-,14+;/m1./s1. The van der Waals surface area contributed by atoms with Crippen LogP contribution in [0.15, 0.2) is 18.2 Å². The highest BCUT2D eigenvalue weighted by Crippen LogP contribution is 2.37. The highest BCUT2D eigenvalue weighted by atomic mass is 35.5. The smallest absolute Gasteiger partial charge is 0.127 e. The number of hydrogen-bond acceptors (Lipinski definition) is 4. The summed E-state index contributed by atoms with van der Waals surface area (Å²) in [5.74, 6) is 1.72. The van der Waals surface area contributed by atoms with E-state index in [-0.39, 0.29) is 12.4 Å². The minimum Gasteiger partial charge on any atom is -0.497 e. The van der Waals surface area contributed by atoms with Crippen LogP contribution < -0.4 is 15.2 Å². The van der Waals surface area contributed by atoms with E-state index in [1.165, 1.54) is 6.42 Å². The van der Waals surface area contributed by atoms with Crippen molar-refractivity contribution in [2.75, 3.05) is 14.2 Å². The molecule has 0 unspecified atom stereocenters. The van der Waals surface area contributed by atoms with Crippen LogP contribution in [0.5, 0.6) is 11.5 Å². The number of benzene rings is 1. The van der Waals surface area contributed by atoms with Crippen LogP contribution in [-0.2, 0) is 0 Å². The maximum Gasteiger partial charge on any atom is 0.127 e. The number of halogens is 1. The lowest BCUT2D eigenvalue weighted by atomic mass is 9.77. The number of nitrogens with two attached hydrogens (primary N) is 1. The molecule has 108 valence electrons. The largest absolute Gasteiger partial charge is 0.497 e. The monoisotopic (exact) mass is 287 g/mol. The topological polar surface area (TPSA) is 64.7 Å². The number of rotatable bonds is 5. The second-order valence-electron chi connectivity index (χ2n) is 4.82. The van der Waals surface area contributed by atoms with Crippen LogP contribution in [0, 0.1) is 5.92 Å². The zero-order chi connectivity index (χ0) is 13.1. The second-order valence-corrected chi connectivity index (χ2v) is 4.82. The first-order valence-corrected chi connectivity index (χ1v) is 6.33. The fourth-order valence-corrected chi connectivity index (χ4v) is 2.35. The summed E-state index contributed by atoms with van der Waals surface area (Å²) in [4.78, 5) is 0. The predicted octanol–water partition coefficient (Wildman–Crippen LogP) is 2.29. The Morgan fingerprint density at radius 3 is 2.42 bits per heavy atom. The molecule has 1 aliphatic rings. The molecular weight excluding hydrogens is 266 g/mol. The van der Waals surface area contributed by atoms with Crippen LogP contribution in [0.2, 0.25) is 0 Å². The van der Waals surface area contributed by atoms with Gasteiger partial charge in [0.2, 0.25) is 0 Å². The zero-order valence-corrected chi connectivity index (χ0v) is 12.2. The Kier molecular flexibility index (Phi) is 5.91. The van der Waals surface area contributed by atoms with Gasteiger partial charge in [0, 0.05) is 11.6 Å². The third kappa shape index (κ3) is 3.32. The number of ether oxygens (including phenoxy) is 2. The van der Waals surface area contributed by atoms with Crippen molar-refractivity contribution in [1.29, 1.82) is 0 Å². The number of aliphatic hydroxyl groups excluding tert-OH is 1. The van der Waals surface area contributed by atoms with Gasteiger partial charge < -0.3 is 20.3 Å². The van der Waals surface area contributed by atoms with E-state index in [0.717, 1.165) is 24.2 Å². The van der Waals surface area contributed by atoms with Crippen molar-refractivity contribution in [3.8, 4) is 11.5 Å². The van der Waals surface area contributed by atoms with Gasteiger partial charge in [-0.3, -0.25) is 0 Å². The summed E-state index contributed by atoms with van der Waals surface area (Å²) in [5, 5.41) is 10.2. The van der Waals surface area contributed by atoms with Gasteiger partial charge in [-0.25, -0.2) is 0 Å². The molecule has 0 amide bonds. The molecule has 2 atom stereocenters. The Hall–Kier alpha value is -0.970. The molecule has 0 radical (unpaired) electrons. The van der Waals surface area contributed by atoms with Crippen molar-refractivity contribution in [1.82, 2.24) is 0 Å². The molecule has 5 heteroatoms. The summed E-state index contributed by atoms with van der Waals surface area (Å²) in [7, 11) is 3.21. The van der Waals surface area contributed by atoms with Gasteiger partial charge in [-0.15, -0.1) is 12.4 Å². The molecular formula is C14H22ClNO3. The summed E-state index contributed by atoms with van der Waals surface area (Å²) in [6.45, 7) is 0. The molecule has 0 aliphatic heterocycles. The lowest BCUT2D eigenvalue weighted by molar-refractivity contribution is 0.0407. The molecule has 4 nitrogen and oxygen atoms in total. The van der Waals surface area contributed by atoms with Gasteiger partial charge in [0.1, 0.15) is 11.5 Å². The van der Waals surface area contributed by atoms with E-state index < -0.39 is 12.1 Å². The van der Waals surface area contributed by atoms with Gasteiger partial charge in [0.25, 0.3) is 0 Å². The first-order valence-electron chi connectivity index (χ1n) is 6.33.